The van der Waals surface area contributed by atoms with Crippen LogP contribution in [-0.4, -0.2) is 20.1 Å². The molecule has 0 aliphatic heterocycles. The third kappa shape index (κ3) is 1.69. The minimum atomic E-state index is -0.299. The molecule has 2 heterocycles. The van der Waals surface area contributed by atoms with Gasteiger partial charge in [-0.1, -0.05) is 0 Å². The zero-order chi connectivity index (χ0) is 12.7. The molecule has 2 N–H and O–H groups in total. The van der Waals surface area contributed by atoms with Gasteiger partial charge < -0.3 is 10.1 Å². The van der Waals surface area contributed by atoms with Crippen molar-refractivity contribution in [3.63, 3.8) is 0 Å². The van der Waals surface area contributed by atoms with Gasteiger partial charge in [-0.05, 0) is 31.2 Å². The Hall–Kier alpha value is -2.43. The van der Waals surface area contributed by atoms with Crippen molar-refractivity contribution in [3.05, 3.63) is 41.8 Å². The molecule has 0 saturated carbocycles. The van der Waals surface area contributed by atoms with E-state index in [1.165, 1.54) is 12.1 Å². The molecule has 90 valence electrons. The van der Waals surface area contributed by atoms with Crippen molar-refractivity contribution < 1.29 is 9.50 Å². The number of rotatable bonds is 1. The highest BCUT2D eigenvalue weighted by Crippen LogP contribution is 2.25. The van der Waals surface area contributed by atoms with E-state index in [1.54, 1.807) is 25.1 Å². The summed E-state index contributed by atoms with van der Waals surface area (Å²) < 4.78 is 12.8. The molecule has 1 aromatic carbocycles. The van der Waals surface area contributed by atoms with Crippen LogP contribution in [0.5, 0.6) is 5.75 Å². The number of hydrogen-bond acceptors (Lipinski definition) is 3. The average molecular weight is 243 g/mol. The van der Waals surface area contributed by atoms with Crippen molar-refractivity contribution in [2.45, 2.75) is 6.92 Å². The fourth-order valence-corrected chi connectivity index (χ4v) is 1.84. The second-order valence-electron chi connectivity index (χ2n) is 4.07. The number of pyridine rings is 1. The third-order valence-electron chi connectivity index (χ3n) is 2.68. The van der Waals surface area contributed by atoms with Gasteiger partial charge in [0.05, 0.1) is 0 Å². The molecule has 0 atom stereocenters. The van der Waals surface area contributed by atoms with Crippen LogP contribution in [0, 0.1) is 12.7 Å². The molecule has 0 aliphatic carbocycles. The summed E-state index contributed by atoms with van der Waals surface area (Å²) in [4.78, 5) is 11.5. The number of halogens is 1. The quantitative estimate of drug-likeness (QED) is 0.690. The smallest absolute Gasteiger partial charge is 0.161 e. The second kappa shape index (κ2) is 3.80. The van der Waals surface area contributed by atoms with E-state index in [-0.39, 0.29) is 11.6 Å². The van der Waals surface area contributed by atoms with Gasteiger partial charge in [0.1, 0.15) is 22.9 Å². The lowest BCUT2D eigenvalue weighted by molar-refractivity contribution is 0.479. The summed E-state index contributed by atoms with van der Waals surface area (Å²) in [5.41, 5.74) is 2.38. The molecular formula is C13H10FN3O. The summed E-state index contributed by atoms with van der Waals surface area (Å²) in [5, 5.41) is 9.77. The monoisotopic (exact) mass is 243 g/mol. The fourth-order valence-electron chi connectivity index (χ4n) is 1.84. The van der Waals surface area contributed by atoms with Gasteiger partial charge in [0.15, 0.2) is 5.65 Å². The molecule has 0 saturated heterocycles. The largest absolute Gasteiger partial charge is 0.505 e. The Morgan fingerprint density at radius 3 is 2.61 bits per heavy atom. The van der Waals surface area contributed by atoms with E-state index in [1.807, 2.05) is 0 Å². The standard InChI is InChI=1S/C13H10FN3O/c1-7-6-10(18)11-13(15-7)17-12(16-11)8-2-4-9(14)5-3-8/h2-6H,1H3,(H2,15,16,17,18). The zero-order valence-electron chi connectivity index (χ0n) is 9.61. The molecule has 0 fully saturated rings. The number of aromatic nitrogens is 3. The van der Waals surface area contributed by atoms with E-state index in [0.717, 1.165) is 5.56 Å². The Morgan fingerprint density at radius 2 is 1.89 bits per heavy atom. The van der Waals surface area contributed by atoms with Crippen LogP contribution in [-0.2, 0) is 0 Å². The molecule has 0 radical (unpaired) electrons. The number of aryl methyl sites for hydroxylation is 1. The van der Waals surface area contributed by atoms with E-state index < -0.39 is 0 Å². The summed E-state index contributed by atoms with van der Waals surface area (Å²) in [6, 6.07) is 7.52. The van der Waals surface area contributed by atoms with Crippen molar-refractivity contribution in [1.29, 1.82) is 0 Å². The topological polar surface area (TPSA) is 61.8 Å². The molecule has 4 nitrogen and oxygen atoms in total. The van der Waals surface area contributed by atoms with E-state index in [2.05, 4.69) is 15.0 Å². The highest BCUT2D eigenvalue weighted by atomic mass is 19.1. The average Bonchev–Trinajstić information content (AvgIpc) is 2.74. The number of imidazole rings is 1. The van der Waals surface area contributed by atoms with Gasteiger partial charge in [0.25, 0.3) is 0 Å². The van der Waals surface area contributed by atoms with Crippen LogP contribution in [0.1, 0.15) is 5.69 Å². The third-order valence-corrected chi connectivity index (χ3v) is 2.68. The first-order chi connectivity index (χ1) is 8.63. The van der Waals surface area contributed by atoms with Gasteiger partial charge in [0, 0.05) is 17.3 Å². The Bertz CT molecular complexity index is 719. The van der Waals surface area contributed by atoms with E-state index in [4.69, 9.17) is 0 Å². The van der Waals surface area contributed by atoms with Gasteiger partial charge in [-0.15, -0.1) is 0 Å². The summed E-state index contributed by atoms with van der Waals surface area (Å²) in [5.74, 6) is 0.340. The summed E-state index contributed by atoms with van der Waals surface area (Å²) in [7, 11) is 0. The van der Waals surface area contributed by atoms with Gasteiger partial charge in [-0.3, -0.25) is 0 Å². The Labute approximate surface area is 102 Å². The number of aromatic hydroxyl groups is 1. The fraction of sp³-hybridized carbons (Fsp3) is 0.0769. The molecule has 2 aromatic heterocycles. The molecule has 3 aromatic rings. The van der Waals surface area contributed by atoms with Crippen LogP contribution in [0.3, 0.4) is 0 Å². The normalized spacial score (nSPS) is 11.0. The van der Waals surface area contributed by atoms with Crippen LogP contribution >= 0.6 is 0 Å². The summed E-state index contributed by atoms with van der Waals surface area (Å²) in [6.45, 7) is 1.79. The lowest BCUT2D eigenvalue weighted by Crippen LogP contribution is -1.82. The molecule has 0 amide bonds. The summed E-state index contributed by atoms with van der Waals surface area (Å²) in [6.07, 6.45) is 0. The van der Waals surface area contributed by atoms with Gasteiger partial charge >= 0.3 is 0 Å². The van der Waals surface area contributed by atoms with Gasteiger partial charge in [0.2, 0.25) is 0 Å². The predicted octanol–water partition coefficient (Wildman–Crippen LogP) is 2.78. The van der Waals surface area contributed by atoms with E-state index >= 15 is 0 Å². The van der Waals surface area contributed by atoms with Gasteiger partial charge in [-0.25, -0.2) is 14.4 Å². The lowest BCUT2D eigenvalue weighted by Gasteiger charge is -1.94. The van der Waals surface area contributed by atoms with Crippen LogP contribution in [0.4, 0.5) is 4.39 Å². The molecule has 0 aliphatic rings. The molecule has 0 bridgehead atoms. The highest BCUT2D eigenvalue weighted by molar-refractivity contribution is 5.81. The summed E-state index contributed by atoms with van der Waals surface area (Å²) >= 11 is 0. The number of aromatic amines is 1. The van der Waals surface area contributed by atoms with Crippen molar-refractivity contribution >= 4 is 11.2 Å². The number of hydrogen-bond donors (Lipinski definition) is 2. The maximum Gasteiger partial charge on any atom is 0.161 e. The molecular weight excluding hydrogens is 233 g/mol. The maximum absolute atomic E-state index is 12.8. The lowest BCUT2D eigenvalue weighted by atomic mass is 10.2. The van der Waals surface area contributed by atoms with E-state index in [0.29, 0.717) is 22.7 Å². The molecule has 0 spiro atoms. The van der Waals surface area contributed by atoms with Crippen LogP contribution in [0.2, 0.25) is 0 Å². The Kier molecular flexibility index (Phi) is 2.26. The number of benzene rings is 1. The SMILES string of the molecule is Cc1cc(O)c2nc(-c3ccc(F)cc3)[nH]c2n1. The second-order valence-corrected chi connectivity index (χ2v) is 4.07. The minimum Gasteiger partial charge on any atom is -0.505 e. The van der Waals surface area contributed by atoms with E-state index in [9.17, 15) is 9.50 Å². The Balaban J connectivity index is 2.19. The first kappa shape index (κ1) is 10.7. The van der Waals surface area contributed by atoms with Gasteiger partial charge in [-0.2, -0.15) is 0 Å². The van der Waals surface area contributed by atoms with Crippen LogP contribution in [0.15, 0.2) is 30.3 Å². The first-order valence-corrected chi connectivity index (χ1v) is 5.46. The van der Waals surface area contributed by atoms with Crippen molar-refractivity contribution in [1.82, 2.24) is 15.0 Å². The number of fused-ring (bicyclic) bond motifs is 1. The number of nitrogens with zero attached hydrogens (tertiary/aromatic N) is 2. The Morgan fingerprint density at radius 1 is 1.17 bits per heavy atom. The zero-order valence-corrected chi connectivity index (χ0v) is 9.61. The molecule has 3 rings (SSSR count). The highest BCUT2D eigenvalue weighted by Gasteiger charge is 2.10. The minimum absolute atomic E-state index is 0.0853. The molecule has 0 unspecified atom stereocenters. The predicted molar refractivity (Wildman–Crippen MR) is 65.7 cm³/mol. The number of nitrogens with one attached hydrogen (secondary N) is 1. The molecule has 5 heteroatoms. The van der Waals surface area contributed by atoms with Crippen molar-refractivity contribution in [2.75, 3.05) is 0 Å². The number of H-pyrrole nitrogens is 1. The maximum atomic E-state index is 12.8. The first-order valence-electron chi connectivity index (χ1n) is 5.46. The van der Waals surface area contributed by atoms with Crippen LogP contribution in [0.25, 0.3) is 22.6 Å². The van der Waals surface area contributed by atoms with Crippen LogP contribution < -0.4 is 0 Å². The van der Waals surface area contributed by atoms with Crippen molar-refractivity contribution in [3.8, 4) is 17.1 Å². The molecule has 18 heavy (non-hydrogen) atoms. The van der Waals surface area contributed by atoms with Crippen molar-refractivity contribution in [2.24, 2.45) is 0 Å².